The van der Waals surface area contributed by atoms with Gasteiger partial charge in [0.25, 0.3) is 0 Å². The Morgan fingerprint density at radius 1 is 1.29 bits per heavy atom. The Morgan fingerprint density at radius 3 is 2.43 bits per heavy atom. The van der Waals surface area contributed by atoms with Crippen LogP contribution < -0.4 is 0 Å². The molecule has 0 radical (unpaired) electrons. The molecule has 5 heteroatoms. The molecule has 0 saturated heterocycles. The minimum Gasteiger partial charge on any atom is -0.207 e. The normalized spacial score (nSPS) is 20.6. The summed E-state index contributed by atoms with van der Waals surface area (Å²) in [6.07, 6.45) is 2.80. The third kappa shape index (κ3) is 3.33. The van der Waals surface area contributed by atoms with E-state index in [0.717, 1.165) is 17.6 Å². The number of sulfonamides is 1. The molecule has 1 aromatic rings. The number of hydrogen-bond acceptors (Lipinski definition) is 2. The van der Waals surface area contributed by atoms with Crippen molar-refractivity contribution >= 4 is 21.6 Å². The van der Waals surface area contributed by atoms with Crippen LogP contribution in [0, 0.1) is 12.8 Å². The van der Waals surface area contributed by atoms with Gasteiger partial charge in [0.1, 0.15) is 0 Å². The lowest BCUT2D eigenvalue weighted by molar-refractivity contribution is 0.282. The summed E-state index contributed by atoms with van der Waals surface area (Å²) in [7, 11) is -3.48. The molecule has 1 atom stereocenters. The number of benzene rings is 1. The van der Waals surface area contributed by atoms with Gasteiger partial charge in [0, 0.05) is 18.5 Å². The van der Waals surface area contributed by atoms with Gasteiger partial charge in [-0.05, 0) is 37.0 Å². The predicted octanol–water partition coefficient (Wildman–Crippen LogP) is 3.58. The van der Waals surface area contributed by atoms with Gasteiger partial charge in [-0.1, -0.05) is 37.6 Å². The Bertz CT molecular complexity index is 620. The highest BCUT2D eigenvalue weighted by molar-refractivity contribution is 7.89. The molecular weight excluding hydrogens is 306 g/mol. The van der Waals surface area contributed by atoms with Gasteiger partial charge in [0.2, 0.25) is 10.0 Å². The quantitative estimate of drug-likeness (QED) is 0.626. The minimum absolute atomic E-state index is 0.150. The Labute approximate surface area is 132 Å². The van der Waals surface area contributed by atoms with Crippen LogP contribution in [0.15, 0.2) is 40.8 Å². The van der Waals surface area contributed by atoms with Crippen LogP contribution >= 0.6 is 11.6 Å². The van der Waals surface area contributed by atoms with Crippen LogP contribution in [-0.4, -0.2) is 31.2 Å². The van der Waals surface area contributed by atoms with Gasteiger partial charge < -0.3 is 0 Å². The standard InChI is InChI=1S/C16H22ClNO2S/c1-12(2)16-14(11-17)5-4-10-18(16)21(19,20)15-8-6-13(3)7-9-15/h5-9,12,16H,4,10-11H2,1-3H3/t16-/m0/s1. The van der Waals surface area contributed by atoms with Crippen molar-refractivity contribution in [2.45, 2.75) is 38.1 Å². The topological polar surface area (TPSA) is 37.4 Å². The Kier molecular flexibility index (Phi) is 5.12. The summed E-state index contributed by atoms with van der Waals surface area (Å²) in [4.78, 5) is 0.356. The lowest BCUT2D eigenvalue weighted by Gasteiger charge is -2.37. The number of hydrogen-bond donors (Lipinski definition) is 0. The fraction of sp³-hybridized carbons (Fsp3) is 0.500. The summed E-state index contributed by atoms with van der Waals surface area (Å²) >= 11 is 6.01. The van der Waals surface area contributed by atoms with E-state index in [1.807, 2.05) is 32.9 Å². The van der Waals surface area contributed by atoms with Gasteiger partial charge >= 0.3 is 0 Å². The number of aryl methyl sites for hydroxylation is 1. The summed E-state index contributed by atoms with van der Waals surface area (Å²) < 4.78 is 27.5. The average Bonchev–Trinajstić information content (AvgIpc) is 2.46. The van der Waals surface area contributed by atoms with E-state index in [1.165, 1.54) is 0 Å². The van der Waals surface area contributed by atoms with Crippen LogP contribution in [0.1, 0.15) is 25.8 Å². The molecule has 2 rings (SSSR count). The molecule has 3 nitrogen and oxygen atoms in total. The predicted molar refractivity (Wildman–Crippen MR) is 87.1 cm³/mol. The zero-order chi connectivity index (χ0) is 15.6. The number of nitrogens with zero attached hydrogens (tertiary/aromatic N) is 1. The highest BCUT2D eigenvalue weighted by atomic mass is 35.5. The van der Waals surface area contributed by atoms with E-state index < -0.39 is 10.0 Å². The Morgan fingerprint density at radius 2 is 1.90 bits per heavy atom. The molecule has 0 fully saturated rings. The molecule has 1 aromatic carbocycles. The van der Waals surface area contributed by atoms with Crippen molar-refractivity contribution in [3.05, 3.63) is 41.5 Å². The van der Waals surface area contributed by atoms with Gasteiger partial charge in [-0.15, -0.1) is 11.6 Å². The molecule has 1 aliphatic heterocycles. The summed E-state index contributed by atoms with van der Waals surface area (Å²) in [5.41, 5.74) is 2.06. The lowest BCUT2D eigenvalue weighted by Crippen LogP contribution is -2.47. The summed E-state index contributed by atoms with van der Waals surface area (Å²) in [5, 5.41) is 0. The molecule has 0 aromatic heterocycles. The molecular formula is C16H22ClNO2S. The zero-order valence-corrected chi connectivity index (χ0v) is 14.3. The summed E-state index contributed by atoms with van der Waals surface area (Å²) in [6.45, 7) is 6.53. The second kappa shape index (κ2) is 6.51. The molecule has 21 heavy (non-hydrogen) atoms. The van der Waals surface area contributed by atoms with Crippen LogP contribution in [0.25, 0.3) is 0 Å². The number of halogens is 1. The molecule has 0 bridgehead atoms. The van der Waals surface area contributed by atoms with E-state index in [-0.39, 0.29) is 12.0 Å². The fourth-order valence-electron chi connectivity index (χ4n) is 2.83. The van der Waals surface area contributed by atoms with Crippen molar-refractivity contribution < 1.29 is 8.42 Å². The van der Waals surface area contributed by atoms with Gasteiger partial charge in [-0.3, -0.25) is 0 Å². The van der Waals surface area contributed by atoms with Crippen LogP contribution in [0.5, 0.6) is 0 Å². The van der Waals surface area contributed by atoms with Crippen LogP contribution in [0.4, 0.5) is 0 Å². The molecule has 1 aliphatic rings. The van der Waals surface area contributed by atoms with Crippen LogP contribution in [-0.2, 0) is 10.0 Å². The monoisotopic (exact) mass is 327 g/mol. The van der Waals surface area contributed by atoms with Crippen molar-refractivity contribution in [1.29, 1.82) is 0 Å². The number of alkyl halides is 1. The first-order valence-corrected chi connectivity index (χ1v) is 9.18. The first kappa shape index (κ1) is 16.5. The van der Waals surface area contributed by atoms with Crippen molar-refractivity contribution in [2.24, 2.45) is 5.92 Å². The highest BCUT2D eigenvalue weighted by Gasteiger charge is 2.36. The Hall–Kier alpha value is -0.840. The van der Waals surface area contributed by atoms with E-state index in [9.17, 15) is 8.42 Å². The van der Waals surface area contributed by atoms with Gasteiger partial charge in [-0.25, -0.2) is 8.42 Å². The molecule has 0 unspecified atom stereocenters. The molecule has 0 aliphatic carbocycles. The largest absolute Gasteiger partial charge is 0.243 e. The van der Waals surface area contributed by atoms with Gasteiger partial charge in [0.05, 0.1) is 4.90 Å². The summed E-state index contributed by atoms with van der Waals surface area (Å²) in [5.74, 6) is 0.568. The first-order chi connectivity index (χ1) is 9.87. The lowest BCUT2D eigenvalue weighted by atomic mass is 9.93. The molecule has 0 spiro atoms. The minimum atomic E-state index is -3.48. The summed E-state index contributed by atoms with van der Waals surface area (Å²) in [6, 6.07) is 6.88. The van der Waals surface area contributed by atoms with Crippen molar-refractivity contribution in [2.75, 3.05) is 12.4 Å². The Balaban J connectivity index is 2.43. The first-order valence-electron chi connectivity index (χ1n) is 7.21. The SMILES string of the molecule is Cc1ccc(S(=O)(=O)N2CCC=C(CCl)[C@@H]2C(C)C)cc1. The molecule has 1 heterocycles. The van der Waals surface area contributed by atoms with Crippen molar-refractivity contribution in [3.63, 3.8) is 0 Å². The van der Waals surface area contributed by atoms with Crippen molar-refractivity contribution in [3.8, 4) is 0 Å². The zero-order valence-electron chi connectivity index (χ0n) is 12.7. The molecule has 116 valence electrons. The maximum absolute atomic E-state index is 12.9. The fourth-order valence-corrected chi connectivity index (χ4v) is 4.87. The van der Waals surface area contributed by atoms with E-state index in [4.69, 9.17) is 11.6 Å². The van der Waals surface area contributed by atoms with E-state index in [2.05, 4.69) is 6.08 Å². The van der Waals surface area contributed by atoms with Crippen LogP contribution in [0.2, 0.25) is 0 Å². The smallest absolute Gasteiger partial charge is 0.207 e. The second-order valence-electron chi connectivity index (χ2n) is 5.82. The van der Waals surface area contributed by atoms with E-state index in [0.29, 0.717) is 17.3 Å². The second-order valence-corrected chi connectivity index (χ2v) is 7.98. The van der Waals surface area contributed by atoms with E-state index >= 15 is 0 Å². The average molecular weight is 328 g/mol. The van der Waals surface area contributed by atoms with E-state index in [1.54, 1.807) is 16.4 Å². The highest BCUT2D eigenvalue weighted by Crippen LogP contribution is 2.30. The van der Waals surface area contributed by atoms with Crippen LogP contribution in [0.3, 0.4) is 0 Å². The maximum Gasteiger partial charge on any atom is 0.243 e. The van der Waals surface area contributed by atoms with Gasteiger partial charge in [0.15, 0.2) is 0 Å². The maximum atomic E-state index is 12.9. The number of rotatable bonds is 4. The van der Waals surface area contributed by atoms with Gasteiger partial charge in [-0.2, -0.15) is 4.31 Å². The van der Waals surface area contributed by atoms with Crippen molar-refractivity contribution in [1.82, 2.24) is 4.31 Å². The molecule has 0 saturated carbocycles. The molecule has 0 N–H and O–H groups in total. The molecule has 0 amide bonds. The third-order valence-corrected chi connectivity index (χ3v) is 6.06. The third-order valence-electron chi connectivity index (χ3n) is 3.86.